The number of hydrogen-bond acceptors (Lipinski definition) is 6. The Balaban J connectivity index is 1.58. The van der Waals surface area contributed by atoms with Crippen LogP contribution in [0.1, 0.15) is 35.2 Å². The standard InChI is InChI=1S/C24H21BrClN7O2/c1-3-6-18-28-22(26)20(24(34)27-2)33(18)12-13-9-10-17-16(11-13)19(25)21(35-17)14-7-4-5-8-15(14)23-29-31-32-30-23/h4-5,7-11H,3,6,12H2,1-2H3,(H,27,34)(H,29,30,31,32). The van der Waals surface area contributed by atoms with Crippen LogP contribution >= 0.6 is 27.5 Å². The zero-order chi connectivity index (χ0) is 24.5. The Hall–Kier alpha value is -3.50. The Morgan fingerprint density at radius 1 is 1.23 bits per heavy atom. The molecule has 0 spiro atoms. The molecule has 3 aromatic heterocycles. The third kappa shape index (κ3) is 4.23. The highest BCUT2D eigenvalue weighted by atomic mass is 79.9. The van der Waals surface area contributed by atoms with E-state index in [0.717, 1.165) is 44.4 Å². The zero-order valence-electron chi connectivity index (χ0n) is 19.0. The van der Waals surface area contributed by atoms with E-state index in [1.165, 1.54) is 0 Å². The molecule has 0 aliphatic heterocycles. The Bertz CT molecular complexity index is 1520. The van der Waals surface area contributed by atoms with Gasteiger partial charge in [0.25, 0.3) is 5.91 Å². The van der Waals surface area contributed by atoms with Crippen molar-refractivity contribution in [1.82, 2.24) is 35.5 Å². The molecule has 5 rings (SSSR count). The summed E-state index contributed by atoms with van der Waals surface area (Å²) in [6.45, 7) is 2.51. The van der Waals surface area contributed by atoms with Gasteiger partial charge in [0.15, 0.2) is 11.0 Å². The largest absolute Gasteiger partial charge is 0.455 e. The SMILES string of the molecule is CCCc1nc(Cl)c(C(=O)NC)n1Cc1ccc2oc(-c3ccccc3-c3nnn[nH]3)c(Br)c2c1. The molecule has 0 saturated heterocycles. The van der Waals surface area contributed by atoms with Crippen molar-refractivity contribution in [3.05, 3.63) is 69.2 Å². The van der Waals surface area contributed by atoms with Crippen molar-refractivity contribution in [2.75, 3.05) is 7.05 Å². The highest BCUT2D eigenvalue weighted by Gasteiger charge is 2.22. The first-order chi connectivity index (χ1) is 17.0. The molecule has 0 radical (unpaired) electrons. The monoisotopic (exact) mass is 553 g/mol. The van der Waals surface area contributed by atoms with Crippen molar-refractivity contribution in [3.8, 4) is 22.7 Å². The number of aryl methyl sites for hydroxylation is 1. The highest BCUT2D eigenvalue weighted by Crippen LogP contribution is 2.41. The lowest BCUT2D eigenvalue weighted by Crippen LogP contribution is -2.23. The van der Waals surface area contributed by atoms with Crippen LogP contribution in [0.5, 0.6) is 0 Å². The summed E-state index contributed by atoms with van der Waals surface area (Å²) in [5.41, 5.74) is 3.74. The lowest BCUT2D eigenvalue weighted by Gasteiger charge is -2.11. The fraction of sp³-hybridized carbons (Fsp3) is 0.208. The Morgan fingerprint density at radius 2 is 2.03 bits per heavy atom. The lowest BCUT2D eigenvalue weighted by atomic mass is 10.0. The van der Waals surface area contributed by atoms with Crippen LogP contribution in [-0.2, 0) is 13.0 Å². The number of carbonyl (C=O) groups is 1. The van der Waals surface area contributed by atoms with Crippen LogP contribution in [0.2, 0.25) is 5.15 Å². The smallest absolute Gasteiger partial charge is 0.270 e. The van der Waals surface area contributed by atoms with Crippen molar-refractivity contribution in [2.24, 2.45) is 0 Å². The number of fused-ring (bicyclic) bond motifs is 1. The first kappa shape index (κ1) is 23.3. The van der Waals surface area contributed by atoms with Gasteiger partial charge in [0.2, 0.25) is 0 Å². The number of benzene rings is 2. The average Bonchev–Trinajstić information content (AvgIpc) is 3.58. The fourth-order valence-electron chi connectivity index (χ4n) is 4.12. The Morgan fingerprint density at radius 3 is 2.74 bits per heavy atom. The van der Waals surface area contributed by atoms with E-state index in [4.69, 9.17) is 16.0 Å². The summed E-state index contributed by atoms with van der Waals surface area (Å²) in [5, 5.41) is 18.0. The molecule has 3 heterocycles. The number of H-pyrrole nitrogens is 1. The number of halogens is 2. The molecule has 0 unspecified atom stereocenters. The van der Waals surface area contributed by atoms with Gasteiger partial charge in [-0.15, -0.1) is 5.10 Å². The van der Waals surface area contributed by atoms with Crippen LogP contribution in [0.15, 0.2) is 51.4 Å². The summed E-state index contributed by atoms with van der Waals surface area (Å²) < 4.78 is 8.94. The summed E-state index contributed by atoms with van der Waals surface area (Å²) in [5.74, 6) is 1.73. The predicted octanol–water partition coefficient (Wildman–Crippen LogP) is 5.25. The van der Waals surface area contributed by atoms with Gasteiger partial charge in [0, 0.05) is 36.5 Å². The number of aromatic amines is 1. The lowest BCUT2D eigenvalue weighted by molar-refractivity contribution is 0.0954. The average molecular weight is 555 g/mol. The summed E-state index contributed by atoms with van der Waals surface area (Å²) in [6.07, 6.45) is 1.60. The van der Waals surface area contributed by atoms with E-state index in [2.05, 4.69) is 53.8 Å². The number of amides is 1. The topological polar surface area (TPSA) is 115 Å². The molecule has 0 atom stereocenters. The van der Waals surface area contributed by atoms with Crippen LogP contribution in [0, 0.1) is 0 Å². The van der Waals surface area contributed by atoms with Crippen molar-refractivity contribution in [1.29, 1.82) is 0 Å². The molecule has 0 bridgehead atoms. The third-order valence-corrected chi connectivity index (χ3v) is 6.78. The molecule has 178 valence electrons. The molecule has 5 aromatic rings. The number of aromatic nitrogens is 6. The quantitative estimate of drug-likeness (QED) is 0.284. The number of imidazole rings is 1. The number of carbonyl (C=O) groups excluding carboxylic acids is 1. The summed E-state index contributed by atoms with van der Waals surface area (Å²) in [4.78, 5) is 17.0. The Labute approximate surface area is 214 Å². The minimum absolute atomic E-state index is 0.208. The van der Waals surface area contributed by atoms with Gasteiger partial charge in [-0.2, -0.15) is 0 Å². The van der Waals surface area contributed by atoms with Crippen LogP contribution in [-0.4, -0.2) is 43.1 Å². The van der Waals surface area contributed by atoms with Crippen LogP contribution in [0.4, 0.5) is 0 Å². The van der Waals surface area contributed by atoms with Crippen molar-refractivity contribution >= 4 is 44.4 Å². The number of tetrazole rings is 1. The van der Waals surface area contributed by atoms with E-state index in [1.54, 1.807) is 7.05 Å². The van der Waals surface area contributed by atoms with E-state index in [9.17, 15) is 4.79 Å². The maximum absolute atomic E-state index is 12.5. The predicted molar refractivity (Wildman–Crippen MR) is 136 cm³/mol. The summed E-state index contributed by atoms with van der Waals surface area (Å²) in [7, 11) is 1.58. The first-order valence-corrected chi connectivity index (χ1v) is 12.2. The number of hydrogen-bond donors (Lipinski definition) is 2. The van der Waals surface area contributed by atoms with Crippen LogP contribution in [0.25, 0.3) is 33.7 Å². The molecule has 2 N–H and O–H groups in total. The van der Waals surface area contributed by atoms with Crippen LogP contribution < -0.4 is 5.32 Å². The Kier molecular flexibility index (Phi) is 6.40. The number of furan rings is 1. The minimum atomic E-state index is -0.267. The molecule has 9 nitrogen and oxygen atoms in total. The maximum Gasteiger partial charge on any atom is 0.270 e. The van der Waals surface area contributed by atoms with E-state index >= 15 is 0 Å². The van der Waals surface area contributed by atoms with Gasteiger partial charge in [0.1, 0.15) is 22.9 Å². The van der Waals surface area contributed by atoms with Gasteiger partial charge in [0.05, 0.1) is 4.47 Å². The summed E-state index contributed by atoms with van der Waals surface area (Å²) in [6, 6.07) is 13.7. The number of nitrogens with one attached hydrogen (secondary N) is 2. The van der Waals surface area contributed by atoms with E-state index in [-0.39, 0.29) is 11.1 Å². The van der Waals surface area contributed by atoms with Crippen molar-refractivity contribution in [3.63, 3.8) is 0 Å². The second-order valence-corrected chi connectivity index (χ2v) is 9.10. The number of rotatable bonds is 7. The van der Waals surface area contributed by atoms with Crippen molar-refractivity contribution in [2.45, 2.75) is 26.3 Å². The van der Waals surface area contributed by atoms with Gasteiger partial charge in [-0.05, 0) is 50.5 Å². The minimum Gasteiger partial charge on any atom is -0.455 e. The van der Waals surface area contributed by atoms with Gasteiger partial charge in [-0.25, -0.2) is 10.1 Å². The second kappa shape index (κ2) is 9.63. The van der Waals surface area contributed by atoms with Crippen LogP contribution in [0.3, 0.4) is 0 Å². The molecule has 1 amide bonds. The third-order valence-electron chi connectivity index (χ3n) is 5.72. The van der Waals surface area contributed by atoms with Gasteiger partial charge in [-0.1, -0.05) is 48.9 Å². The fourth-order valence-corrected chi connectivity index (χ4v) is 5.01. The molecule has 0 aliphatic carbocycles. The molecule has 11 heteroatoms. The highest BCUT2D eigenvalue weighted by molar-refractivity contribution is 9.10. The molecule has 0 aliphatic rings. The van der Waals surface area contributed by atoms with E-state index < -0.39 is 0 Å². The normalized spacial score (nSPS) is 11.3. The van der Waals surface area contributed by atoms with E-state index in [0.29, 0.717) is 30.2 Å². The first-order valence-electron chi connectivity index (χ1n) is 11.0. The maximum atomic E-state index is 12.5. The molecular weight excluding hydrogens is 534 g/mol. The van der Waals surface area contributed by atoms with Crippen molar-refractivity contribution < 1.29 is 9.21 Å². The molecule has 0 saturated carbocycles. The second-order valence-electron chi connectivity index (χ2n) is 7.95. The molecule has 2 aromatic carbocycles. The summed E-state index contributed by atoms with van der Waals surface area (Å²) >= 11 is 10.1. The van der Waals surface area contributed by atoms with E-state index in [1.807, 2.05) is 47.0 Å². The molecule has 0 fully saturated rings. The van der Waals surface area contributed by atoms with Gasteiger partial charge < -0.3 is 14.3 Å². The number of nitrogens with zero attached hydrogens (tertiary/aromatic N) is 5. The molecule has 35 heavy (non-hydrogen) atoms. The van der Waals surface area contributed by atoms with Gasteiger partial charge >= 0.3 is 0 Å². The molecular formula is C24H21BrClN7O2. The zero-order valence-corrected chi connectivity index (χ0v) is 21.3. The van der Waals surface area contributed by atoms with Gasteiger partial charge in [-0.3, -0.25) is 4.79 Å².